The number of aromatic nitrogens is 3. The lowest BCUT2D eigenvalue weighted by atomic mass is 10.2. The number of nitrogens with one attached hydrogen (secondary N) is 3. The molecule has 3 aromatic rings. The highest BCUT2D eigenvalue weighted by molar-refractivity contribution is 6.00. The Morgan fingerprint density at radius 3 is 3.04 bits per heavy atom. The van der Waals surface area contributed by atoms with Crippen molar-refractivity contribution in [3.05, 3.63) is 41.6 Å². The van der Waals surface area contributed by atoms with Crippen molar-refractivity contribution in [3.8, 4) is 5.75 Å². The van der Waals surface area contributed by atoms with Gasteiger partial charge in [0.25, 0.3) is 5.91 Å². The maximum atomic E-state index is 12.4. The van der Waals surface area contributed by atoms with Gasteiger partial charge >= 0.3 is 0 Å². The molecule has 128 valence electrons. The third kappa shape index (κ3) is 2.71. The lowest BCUT2D eigenvalue weighted by Gasteiger charge is -2.16. The second-order valence-electron chi connectivity index (χ2n) is 5.80. The van der Waals surface area contributed by atoms with E-state index in [2.05, 4.69) is 26.0 Å². The van der Waals surface area contributed by atoms with Crippen molar-refractivity contribution in [2.24, 2.45) is 0 Å². The lowest BCUT2D eigenvalue weighted by Crippen LogP contribution is -2.28. The normalized spacial score (nSPS) is 13.9. The maximum absolute atomic E-state index is 12.4. The summed E-state index contributed by atoms with van der Waals surface area (Å²) in [4.78, 5) is 17.0. The summed E-state index contributed by atoms with van der Waals surface area (Å²) in [5.41, 5.74) is 2.84. The number of ether oxygens (including phenoxy) is 1. The van der Waals surface area contributed by atoms with Crippen molar-refractivity contribution in [1.82, 2.24) is 19.9 Å². The van der Waals surface area contributed by atoms with Crippen LogP contribution in [0, 0.1) is 6.92 Å². The second kappa shape index (κ2) is 5.97. The second-order valence-corrected chi connectivity index (χ2v) is 5.80. The van der Waals surface area contributed by atoms with Crippen molar-refractivity contribution in [1.29, 1.82) is 0 Å². The Morgan fingerprint density at radius 1 is 1.32 bits per heavy atom. The maximum Gasteiger partial charge on any atom is 0.256 e. The minimum absolute atomic E-state index is 0.227. The zero-order valence-corrected chi connectivity index (χ0v) is 14.0. The van der Waals surface area contributed by atoms with Gasteiger partial charge in [0, 0.05) is 13.1 Å². The van der Waals surface area contributed by atoms with Crippen molar-refractivity contribution in [2.45, 2.75) is 6.92 Å². The van der Waals surface area contributed by atoms with Crippen LogP contribution >= 0.6 is 0 Å². The monoisotopic (exact) mass is 338 g/mol. The van der Waals surface area contributed by atoms with Crippen LogP contribution in [0.3, 0.4) is 0 Å². The van der Waals surface area contributed by atoms with Crippen LogP contribution in [-0.4, -0.2) is 40.7 Å². The molecule has 0 spiro atoms. The van der Waals surface area contributed by atoms with E-state index in [1.807, 2.05) is 31.2 Å². The van der Waals surface area contributed by atoms with Crippen LogP contribution < -0.4 is 20.7 Å². The summed E-state index contributed by atoms with van der Waals surface area (Å²) >= 11 is 0. The molecular formula is C17H18N6O2. The molecule has 0 fully saturated rings. The van der Waals surface area contributed by atoms with Crippen LogP contribution in [0.25, 0.3) is 5.65 Å². The minimum atomic E-state index is -0.227. The summed E-state index contributed by atoms with van der Waals surface area (Å²) in [7, 11) is 1.80. The Kier molecular flexibility index (Phi) is 3.64. The number of nitrogens with zero attached hydrogens (tertiary/aromatic N) is 3. The summed E-state index contributed by atoms with van der Waals surface area (Å²) in [5, 5.41) is 13.5. The van der Waals surface area contributed by atoms with Gasteiger partial charge in [-0.2, -0.15) is 9.61 Å². The molecule has 0 saturated carbocycles. The molecule has 0 unspecified atom stereocenters. The summed E-state index contributed by atoms with van der Waals surface area (Å²) in [6.07, 6.45) is 1.52. The van der Waals surface area contributed by atoms with Crippen LogP contribution in [-0.2, 0) is 0 Å². The largest absolute Gasteiger partial charge is 0.490 e. The van der Waals surface area contributed by atoms with Gasteiger partial charge in [-0.05, 0) is 24.6 Å². The Bertz CT molecular complexity index is 965. The predicted molar refractivity (Wildman–Crippen MR) is 94.8 cm³/mol. The van der Waals surface area contributed by atoms with E-state index >= 15 is 0 Å². The number of carbonyl (C=O) groups excluding carboxylic acids is 1. The van der Waals surface area contributed by atoms with Crippen molar-refractivity contribution >= 4 is 28.9 Å². The Labute approximate surface area is 144 Å². The minimum Gasteiger partial charge on any atom is -0.490 e. The standard InChI is InChI=1S/C17H18N6O2/c1-10-3-4-13-12(7-10)21-14-8-15(18-2)23-16(22-14)11(9-20-23)17(24)19-5-6-25-13/h3-4,7-9,18H,5-6H2,1-2H3,(H,19,24)(H,21,22). The molecule has 1 aliphatic rings. The third-order valence-electron chi connectivity index (χ3n) is 4.02. The number of rotatable bonds is 1. The molecule has 1 aromatic carbocycles. The van der Waals surface area contributed by atoms with Crippen LogP contribution in [0.4, 0.5) is 17.3 Å². The van der Waals surface area contributed by atoms with Crippen molar-refractivity contribution < 1.29 is 9.53 Å². The smallest absolute Gasteiger partial charge is 0.256 e. The van der Waals surface area contributed by atoms with Gasteiger partial charge in [-0.1, -0.05) is 6.07 Å². The fourth-order valence-electron chi connectivity index (χ4n) is 2.79. The fraction of sp³-hybridized carbons (Fsp3) is 0.235. The molecule has 8 nitrogen and oxygen atoms in total. The Balaban J connectivity index is 1.91. The average Bonchev–Trinajstić information content (AvgIpc) is 3.02. The molecule has 1 aliphatic heterocycles. The number of fused-ring (bicyclic) bond motifs is 2. The van der Waals surface area contributed by atoms with E-state index < -0.39 is 0 Å². The van der Waals surface area contributed by atoms with Gasteiger partial charge in [-0.3, -0.25) is 4.79 Å². The van der Waals surface area contributed by atoms with Gasteiger partial charge < -0.3 is 20.7 Å². The zero-order valence-electron chi connectivity index (χ0n) is 14.0. The molecule has 2 aromatic heterocycles. The highest BCUT2D eigenvalue weighted by Gasteiger charge is 2.18. The first kappa shape index (κ1) is 15.3. The highest BCUT2D eigenvalue weighted by atomic mass is 16.5. The fourth-order valence-corrected chi connectivity index (χ4v) is 2.79. The number of carbonyl (C=O) groups is 1. The molecule has 0 saturated heterocycles. The van der Waals surface area contributed by atoms with Gasteiger partial charge in [0.1, 0.15) is 29.6 Å². The highest BCUT2D eigenvalue weighted by Crippen LogP contribution is 2.30. The van der Waals surface area contributed by atoms with Gasteiger partial charge in [-0.15, -0.1) is 0 Å². The molecule has 3 N–H and O–H groups in total. The van der Waals surface area contributed by atoms with Crippen LogP contribution in [0.15, 0.2) is 30.5 Å². The third-order valence-corrected chi connectivity index (χ3v) is 4.02. The number of benzene rings is 1. The molecule has 1 amide bonds. The molecule has 8 heteroatoms. The van der Waals surface area contributed by atoms with Gasteiger partial charge in [0.2, 0.25) is 0 Å². The first-order valence-corrected chi connectivity index (χ1v) is 8.01. The summed E-state index contributed by atoms with van der Waals surface area (Å²) in [6, 6.07) is 7.73. The summed E-state index contributed by atoms with van der Waals surface area (Å²) in [6.45, 7) is 2.78. The Morgan fingerprint density at radius 2 is 2.20 bits per heavy atom. The molecule has 0 radical (unpaired) electrons. The van der Waals surface area contributed by atoms with Crippen LogP contribution in [0.1, 0.15) is 15.9 Å². The van der Waals surface area contributed by atoms with Crippen molar-refractivity contribution in [3.63, 3.8) is 0 Å². The quantitative estimate of drug-likeness (QED) is 0.628. The first-order chi connectivity index (χ1) is 12.2. The number of hydrogen-bond acceptors (Lipinski definition) is 6. The average molecular weight is 338 g/mol. The predicted octanol–water partition coefficient (Wildman–Crippen LogP) is 1.95. The van der Waals surface area contributed by atoms with Gasteiger partial charge in [0.15, 0.2) is 5.65 Å². The number of amides is 1. The lowest BCUT2D eigenvalue weighted by molar-refractivity contribution is 0.0948. The molecular weight excluding hydrogens is 320 g/mol. The van der Waals surface area contributed by atoms with Crippen molar-refractivity contribution in [2.75, 3.05) is 30.8 Å². The molecule has 0 aliphatic carbocycles. The van der Waals surface area contributed by atoms with Gasteiger partial charge in [0.05, 0.1) is 18.4 Å². The number of hydrogen-bond donors (Lipinski definition) is 3. The molecule has 25 heavy (non-hydrogen) atoms. The SMILES string of the molecule is CNc1cc2nc3c(cnn13)C(=O)NCCOc1ccc(C)cc1N2. The van der Waals surface area contributed by atoms with E-state index in [0.717, 1.165) is 17.1 Å². The van der Waals surface area contributed by atoms with E-state index in [0.29, 0.717) is 35.9 Å². The molecule has 3 heterocycles. The summed E-state index contributed by atoms with van der Waals surface area (Å²) < 4.78 is 7.42. The number of anilines is 3. The first-order valence-electron chi connectivity index (χ1n) is 8.01. The Hall–Kier alpha value is -3.29. The van der Waals surface area contributed by atoms with E-state index in [1.165, 1.54) is 6.20 Å². The molecule has 2 bridgehead atoms. The number of aryl methyl sites for hydroxylation is 1. The van der Waals surface area contributed by atoms with Crippen LogP contribution in [0.5, 0.6) is 5.75 Å². The zero-order chi connectivity index (χ0) is 17.4. The van der Waals surface area contributed by atoms with Crippen LogP contribution in [0.2, 0.25) is 0 Å². The van der Waals surface area contributed by atoms with Gasteiger partial charge in [-0.25, -0.2) is 4.98 Å². The molecule has 0 atom stereocenters. The topological polar surface area (TPSA) is 92.6 Å². The van der Waals surface area contributed by atoms with E-state index in [1.54, 1.807) is 11.6 Å². The van der Waals surface area contributed by atoms with E-state index in [4.69, 9.17) is 4.74 Å². The van der Waals surface area contributed by atoms with E-state index in [-0.39, 0.29) is 5.91 Å². The summed E-state index contributed by atoms with van der Waals surface area (Å²) in [5.74, 6) is 1.80. The van der Waals surface area contributed by atoms with E-state index in [9.17, 15) is 4.79 Å². The molecule has 4 rings (SSSR count).